The van der Waals surface area contributed by atoms with Gasteiger partial charge in [-0.15, -0.1) is 0 Å². The van der Waals surface area contributed by atoms with Crippen LogP contribution in [0.15, 0.2) is 60.7 Å². The van der Waals surface area contributed by atoms with Crippen molar-refractivity contribution in [1.82, 2.24) is 5.32 Å². The third kappa shape index (κ3) is 5.93. The Hall–Kier alpha value is -2.13. The molecule has 1 N–H and O–H groups in total. The van der Waals surface area contributed by atoms with Crippen LogP contribution in [0.4, 0.5) is 0 Å². The van der Waals surface area contributed by atoms with E-state index in [4.69, 9.17) is 4.74 Å². The summed E-state index contributed by atoms with van der Waals surface area (Å²) in [6.07, 6.45) is 4.52. The molecule has 3 rings (SSSR count). The quantitative estimate of drug-likeness (QED) is 0.781. The van der Waals surface area contributed by atoms with Gasteiger partial charge in [0, 0.05) is 13.2 Å². The smallest absolute Gasteiger partial charge is 0.224 e. The molecule has 144 valence electrons. The van der Waals surface area contributed by atoms with Crippen LogP contribution in [0, 0.1) is 5.41 Å². The highest BCUT2D eigenvalue weighted by atomic mass is 16.5. The van der Waals surface area contributed by atoms with Crippen molar-refractivity contribution in [3.8, 4) is 0 Å². The average Bonchev–Trinajstić information content (AvgIpc) is 2.62. The molecule has 0 bridgehead atoms. The van der Waals surface area contributed by atoms with Gasteiger partial charge in [-0.25, -0.2) is 0 Å². The fourth-order valence-corrected chi connectivity index (χ4v) is 4.38. The average molecular weight is 366 g/mol. The molecule has 0 saturated carbocycles. The monoisotopic (exact) mass is 365 g/mol. The summed E-state index contributed by atoms with van der Waals surface area (Å²) >= 11 is 0. The van der Waals surface area contributed by atoms with E-state index in [2.05, 4.69) is 49.5 Å². The van der Waals surface area contributed by atoms with E-state index >= 15 is 0 Å². The summed E-state index contributed by atoms with van der Waals surface area (Å²) in [5.74, 6) is 0.0994. The Morgan fingerprint density at radius 3 is 2.26 bits per heavy atom. The van der Waals surface area contributed by atoms with Crippen LogP contribution in [0.5, 0.6) is 0 Å². The van der Waals surface area contributed by atoms with Crippen molar-refractivity contribution < 1.29 is 9.53 Å². The Labute approximate surface area is 163 Å². The van der Waals surface area contributed by atoms with E-state index < -0.39 is 0 Å². The minimum absolute atomic E-state index is 0.0994. The standard InChI is InChI=1S/C24H31NO2/c1-23(2)19-24(14-16-27-23,18-21-11-7-4-8-12-21)13-15-25-22(26)17-20-9-5-3-6-10-20/h3-12H,13-19H2,1-2H3,(H,25,26)/t24-/m0/s1. The molecule has 3 nitrogen and oxygen atoms in total. The van der Waals surface area contributed by atoms with Crippen molar-refractivity contribution in [2.75, 3.05) is 13.2 Å². The first kappa shape index (κ1) is 19.6. The molecule has 1 amide bonds. The molecule has 2 aromatic carbocycles. The van der Waals surface area contributed by atoms with Crippen molar-refractivity contribution >= 4 is 5.91 Å². The van der Waals surface area contributed by atoms with Gasteiger partial charge in [0.2, 0.25) is 5.91 Å². The maximum absolute atomic E-state index is 12.3. The largest absolute Gasteiger partial charge is 0.376 e. The van der Waals surface area contributed by atoms with E-state index in [1.54, 1.807) is 0 Å². The van der Waals surface area contributed by atoms with Gasteiger partial charge in [-0.3, -0.25) is 4.79 Å². The minimum atomic E-state index is -0.110. The number of benzene rings is 2. The maximum Gasteiger partial charge on any atom is 0.224 e. The van der Waals surface area contributed by atoms with E-state index in [1.165, 1.54) is 5.56 Å². The summed E-state index contributed by atoms with van der Waals surface area (Å²) < 4.78 is 5.98. The van der Waals surface area contributed by atoms with Crippen molar-refractivity contribution in [3.63, 3.8) is 0 Å². The predicted octanol–water partition coefficient (Wildman–Crippen LogP) is 4.55. The maximum atomic E-state index is 12.3. The zero-order valence-electron chi connectivity index (χ0n) is 16.5. The Kier molecular flexibility index (Phi) is 6.33. The number of rotatable bonds is 7. The van der Waals surface area contributed by atoms with E-state index in [1.807, 2.05) is 30.3 Å². The molecular formula is C24H31NO2. The number of amides is 1. The number of hydrogen-bond acceptors (Lipinski definition) is 2. The van der Waals surface area contributed by atoms with Crippen molar-refractivity contribution in [3.05, 3.63) is 71.8 Å². The highest BCUT2D eigenvalue weighted by molar-refractivity contribution is 5.78. The van der Waals surface area contributed by atoms with Crippen LogP contribution in [0.2, 0.25) is 0 Å². The van der Waals surface area contributed by atoms with Gasteiger partial charge < -0.3 is 10.1 Å². The summed E-state index contributed by atoms with van der Waals surface area (Å²) in [5, 5.41) is 3.14. The lowest BCUT2D eigenvalue weighted by molar-refractivity contribution is -0.121. The first-order valence-corrected chi connectivity index (χ1v) is 9.95. The van der Waals surface area contributed by atoms with Gasteiger partial charge in [-0.2, -0.15) is 0 Å². The molecule has 1 fully saturated rings. The SMILES string of the molecule is CC1(C)C[C@](CCNC(=O)Cc2ccccc2)(Cc2ccccc2)CCO1. The van der Waals surface area contributed by atoms with Gasteiger partial charge >= 0.3 is 0 Å². The van der Waals surface area contributed by atoms with Gasteiger partial charge in [0.15, 0.2) is 0 Å². The lowest BCUT2D eigenvalue weighted by Gasteiger charge is -2.45. The summed E-state index contributed by atoms with van der Waals surface area (Å²) in [6.45, 7) is 5.87. The minimum Gasteiger partial charge on any atom is -0.376 e. The van der Waals surface area contributed by atoms with Crippen LogP contribution >= 0.6 is 0 Å². The molecule has 0 spiro atoms. The summed E-state index contributed by atoms with van der Waals surface area (Å²) in [7, 11) is 0. The molecule has 3 heteroatoms. The molecule has 1 atom stereocenters. The first-order chi connectivity index (χ1) is 13.0. The second-order valence-electron chi connectivity index (χ2n) is 8.46. The molecule has 0 aliphatic carbocycles. The molecule has 1 saturated heterocycles. The molecular weight excluding hydrogens is 334 g/mol. The molecule has 2 aromatic rings. The van der Waals surface area contributed by atoms with Crippen LogP contribution in [0.25, 0.3) is 0 Å². The predicted molar refractivity (Wildman–Crippen MR) is 110 cm³/mol. The van der Waals surface area contributed by atoms with Gasteiger partial charge in [0.25, 0.3) is 0 Å². The van der Waals surface area contributed by atoms with E-state index in [9.17, 15) is 4.79 Å². The first-order valence-electron chi connectivity index (χ1n) is 9.95. The van der Waals surface area contributed by atoms with Crippen LogP contribution in [-0.4, -0.2) is 24.7 Å². The van der Waals surface area contributed by atoms with E-state index in [0.29, 0.717) is 13.0 Å². The molecule has 0 unspecified atom stereocenters. The van der Waals surface area contributed by atoms with Crippen molar-refractivity contribution in [1.29, 1.82) is 0 Å². The van der Waals surface area contributed by atoms with Crippen molar-refractivity contribution in [2.24, 2.45) is 5.41 Å². The van der Waals surface area contributed by atoms with E-state index in [0.717, 1.165) is 37.9 Å². The number of carbonyl (C=O) groups is 1. The number of nitrogens with one attached hydrogen (secondary N) is 1. The van der Waals surface area contributed by atoms with Gasteiger partial charge in [0.1, 0.15) is 0 Å². The zero-order valence-corrected chi connectivity index (χ0v) is 16.5. The molecule has 1 aliphatic heterocycles. The molecule has 27 heavy (non-hydrogen) atoms. The molecule has 0 radical (unpaired) electrons. The number of carbonyl (C=O) groups excluding carboxylic acids is 1. The Morgan fingerprint density at radius 2 is 1.63 bits per heavy atom. The Balaban J connectivity index is 1.60. The summed E-state index contributed by atoms with van der Waals surface area (Å²) in [5.41, 5.74) is 2.48. The Morgan fingerprint density at radius 1 is 1.00 bits per heavy atom. The molecule has 1 heterocycles. The summed E-state index contributed by atoms with van der Waals surface area (Å²) in [4.78, 5) is 12.3. The highest BCUT2D eigenvalue weighted by Gasteiger charge is 2.40. The normalized spacial score (nSPS) is 21.6. The van der Waals surface area contributed by atoms with Crippen LogP contribution in [-0.2, 0) is 22.4 Å². The van der Waals surface area contributed by atoms with Crippen LogP contribution in [0.1, 0.15) is 44.2 Å². The van der Waals surface area contributed by atoms with Crippen LogP contribution < -0.4 is 5.32 Å². The van der Waals surface area contributed by atoms with Gasteiger partial charge in [-0.05, 0) is 56.1 Å². The third-order valence-corrected chi connectivity index (χ3v) is 5.53. The van der Waals surface area contributed by atoms with Gasteiger partial charge in [-0.1, -0.05) is 60.7 Å². The summed E-state index contributed by atoms with van der Waals surface area (Å²) in [6, 6.07) is 20.6. The molecule has 0 aromatic heterocycles. The number of hydrogen-bond donors (Lipinski definition) is 1. The highest BCUT2D eigenvalue weighted by Crippen LogP contribution is 2.43. The fourth-order valence-electron chi connectivity index (χ4n) is 4.38. The Bertz CT molecular complexity index is 727. The van der Waals surface area contributed by atoms with Crippen LogP contribution in [0.3, 0.4) is 0 Å². The number of ether oxygens (including phenoxy) is 1. The molecule has 1 aliphatic rings. The third-order valence-electron chi connectivity index (χ3n) is 5.53. The van der Waals surface area contributed by atoms with Gasteiger partial charge in [0.05, 0.1) is 12.0 Å². The lowest BCUT2D eigenvalue weighted by atomic mass is 9.68. The lowest BCUT2D eigenvalue weighted by Crippen LogP contribution is -2.44. The topological polar surface area (TPSA) is 38.3 Å². The van der Waals surface area contributed by atoms with Crippen molar-refractivity contribution in [2.45, 2.75) is 51.6 Å². The fraction of sp³-hybridized carbons (Fsp3) is 0.458. The second-order valence-corrected chi connectivity index (χ2v) is 8.46. The zero-order chi connectivity index (χ0) is 19.2. The second kappa shape index (κ2) is 8.71. The van der Waals surface area contributed by atoms with E-state index in [-0.39, 0.29) is 16.9 Å².